The van der Waals surface area contributed by atoms with Crippen LogP contribution >= 0.6 is 0 Å². The molecule has 2 rings (SSSR count). The van der Waals surface area contributed by atoms with E-state index in [1.54, 1.807) is 0 Å². The second-order valence-corrected chi connectivity index (χ2v) is 4.79. The van der Waals surface area contributed by atoms with Crippen LogP contribution < -0.4 is 0 Å². The maximum Gasteiger partial charge on any atom is 0.253 e. The van der Waals surface area contributed by atoms with Gasteiger partial charge in [-0.15, -0.1) is 0 Å². The van der Waals surface area contributed by atoms with Gasteiger partial charge in [-0.2, -0.15) is 0 Å². The first kappa shape index (κ1) is 12.1. The SMILES string of the molecule is CC(C)N1CCN(C(=O)c2ccccc2)CC1. The number of benzene rings is 1. The predicted molar refractivity (Wildman–Crippen MR) is 69.1 cm³/mol. The highest BCUT2D eigenvalue weighted by molar-refractivity contribution is 5.94. The van der Waals surface area contributed by atoms with Crippen molar-refractivity contribution >= 4 is 5.91 Å². The van der Waals surface area contributed by atoms with Gasteiger partial charge < -0.3 is 4.90 Å². The Labute approximate surface area is 103 Å². The van der Waals surface area contributed by atoms with E-state index in [0.717, 1.165) is 31.7 Å². The number of hydrogen-bond acceptors (Lipinski definition) is 2. The molecule has 0 unspecified atom stereocenters. The molecule has 1 aliphatic heterocycles. The smallest absolute Gasteiger partial charge is 0.253 e. The predicted octanol–water partition coefficient (Wildman–Crippen LogP) is 1.85. The summed E-state index contributed by atoms with van der Waals surface area (Å²) >= 11 is 0. The van der Waals surface area contributed by atoms with Gasteiger partial charge in [0.1, 0.15) is 0 Å². The first-order valence-electron chi connectivity index (χ1n) is 6.27. The van der Waals surface area contributed by atoms with E-state index >= 15 is 0 Å². The van der Waals surface area contributed by atoms with Crippen LogP contribution in [0.15, 0.2) is 30.3 Å². The van der Waals surface area contributed by atoms with Crippen LogP contribution in [0.4, 0.5) is 0 Å². The lowest BCUT2D eigenvalue weighted by atomic mass is 10.1. The molecule has 1 amide bonds. The van der Waals surface area contributed by atoms with Crippen molar-refractivity contribution in [1.29, 1.82) is 0 Å². The number of nitrogens with zero attached hydrogens (tertiary/aromatic N) is 2. The largest absolute Gasteiger partial charge is 0.336 e. The average molecular weight is 232 g/mol. The van der Waals surface area contributed by atoms with E-state index in [1.165, 1.54) is 0 Å². The van der Waals surface area contributed by atoms with Crippen molar-refractivity contribution in [3.05, 3.63) is 35.9 Å². The van der Waals surface area contributed by atoms with E-state index in [4.69, 9.17) is 0 Å². The van der Waals surface area contributed by atoms with Gasteiger partial charge in [0.25, 0.3) is 5.91 Å². The van der Waals surface area contributed by atoms with Crippen molar-refractivity contribution in [3.63, 3.8) is 0 Å². The van der Waals surface area contributed by atoms with Gasteiger partial charge in [0.05, 0.1) is 0 Å². The molecule has 1 saturated heterocycles. The highest BCUT2D eigenvalue weighted by atomic mass is 16.2. The molecule has 92 valence electrons. The van der Waals surface area contributed by atoms with Gasteiger partial charge in [-0.05, 0) is 26.0 Å². The molecule has 1 aromatic rings. The number of amides is 1. The first-order chi connectivity index (χ1) is 8.18. The van der Waals surface area contributed by atoms with Crippen molar-refractivity contribution in [1.82, 2.24) is 9.80 Å². The molecule has 17 heavy (non-hydrogen) atoms. The standard InChI is InChI=1S/C14H20N2O/c1-12(2)15-8-10-16(11-9-15)14(17)13-6-4-3-5-7-13/h3-7,12H,8-11H2,1-2H3. The Kier molecular flexibility index (Phi) is 3.79. The van der Waals surface area contributed by atoms with Gasteiger partial charge in [-0.1, -0.05) is 18.2 Å². The lowest BCUT2D eigenvalue weighted by Gasteiger charge is -2.36. The van der Waals surface area contributed by atoms with E-state index in [0.29, 0.717) is 6.04 Å². The Balaban J connectivity index is 1.95. The Bertz CT molecular complexity index is 367. The van der Waals surface area contributed by atoms with E-state index in [2.05, 4.69) is 18.7 Å². The minimum Gasteiger partial charge on any atom is -0.336 e. The van der Waals surface area contributed by atoms with Gasteiger partial charge >= 0.3 is 0 Å². The second kappa shape index (κ2) is 5.32. The molecule has 1 aliphatic rings. The van der Waals surface area contributed by atoms with Crippen LogP contribution in [-0.2, 0) is 0 Å². The van der Waals surface area contributed by atoms with Gasteiger partial charge in [-0.25, -0.2) is 0 Å². The van der Waals surface area contributed by atoms with Crippen LogP contribution in [0.5, 0.6) is 0 Å². The summed E-state index contributed by atoms with van der Waals surface area (Å²) in [6.45, 7) is 8.05. The zero-order chi connectivity index (χ0) is 12.3. The highest BCUT2D eigenvalue weighted by Gasteiger charge is 2.22. The molecule has 1 fully saturated rings. The Hall–Kier alpha value is -1.35. The molecule has 3 nitrogen and oxygen atoms in total. The number of rotatable bonds is 2. The van der Waals surface area contributed by atoms with Crippen LogP contribution in [0.2, 0.25) is 0 Å². The van der Waals surface area contributed by atoms with Crippen LogP contribution in [0, 0.1) is 0 Å². The van der Waals surface area contributed by atoms with E-state index in [9.17, 15) is 4.79 Å². The summed E-state index contributed by atoms with van der Waals surface area (Å²) in [6.07, 6.45) is 0. The fourth-order valence-corrected chi connectivity index (χ4v) is 2.20. The number of piperazine rings is 1. The van der Waals surface area contributed by atoms with Crippen LogP contribution in [0.25, 0.3) is 0 Å². The Morgan fingerprint density at radius 2 is 1.65 bits per heavy atom. The molecular weight excluding hydrogens is 212 g/mol. The van der Waals surface area contributed by atoms with E-state index in [-0.39, 0.29) is 5.91 Å². The van der Waals surface area contributed by atoms with Gasteiger partial charge in [0.15, 0.2) is 0 Å². The van der Waals surface area contributed by atoms with E-state index in [1.807, 2.05) is 35.2 Å². The summed E-state index contributed by atoms with van der Waals surface area (Å²) < 4.78 is 0. The summed E-state index contributed by atoms with van der Waals surface area (Å²) in [4.78, 5) is 16.5. The number of carbonyl (C=O) groups is 1. The van der Waals surface area contributed by atoms with Crippen molar-refractivity contribution in [3.8, 4) is 0 Å². The maximum absolute atomic E-state index is 12.2. The maximum atomic E-state index is 12.2. The fourth-order valence-electron chi connectivity index (χ4n) is 2.20. The molecule has 1 heterocycles. The fraction of sp³-hybridized carbons (Fsp3) is 0.500. The Morgan fingerprint density at radius 1 is 1.06 bits per heavy atom. The second-order valence-electron chi connectivity index (χ2n) is 4.79. The van der Waals surface area contributed by atoms with Crippen molar-refractivity contribution in [2.24, 2.45) is 0 Å². The third-order valence-electron chi connectivity index (χ3n) is 3.35. The molecular formula is C14H20N2O. The van der Waals surface area contributed by atoms with Crippen molar-refractivity contribution < 1.29 is 4.79 Å². The van der Waals surface area contributed by atoms with Gasteiger partial charge in [-0.3, -0.25) is 9.69 Å². The quantitative estimate of drug-likeness (QED) is 0.777. The molecule has 3 heteroatoms. The monoisotopic (exact) mass is 232 g/mol. The first-order valence-corrected chi connectivity index (χ1v) is 6.27. The van der Waals surface area contributed by atoms with Crippen molar-refractivity contribution in [2.75, 3.05) is 26.2 Å². The molecule has 0 saturated carbocycles. The normalized spacial score (nSPS) is 17.5. The average Bonchev–Trinajstić information content (AvgIpc) is 2.39. The molecule has 1 aromatic carbocycles. The summed E-state index contributed by atoms with van der Waals surface area (Å²) in [6, 6.07) is 10.1. The molecule has 0 N–H and O–H groups in total. The summed E-state index contributed by atoms with van der Waals surface area (Å²) in [7, 11) is 0. The molecule has 0 aliphatic carbocycles. The lowest BCUT2D eigenvalue weighted by Crippen LogP contribution is -2.50. The highest BCUT2D eigenvalue weighted by Crippen LogP contribution is 2.10. The third-order valence-corrected chi connectivity index (χ3v) is 3.35. The molecule has 0 spiro atoms. The minimum atomic E-state index is 0.161. The van der Waals surface area contributed by atoms with Crippen molar-refractivity contribution in [2.45, 2.75) is 19.9 Å². The van der Waals surface area contributed by atoms with Crippen LogP contribution in [0.1, 0.15) is 24.2 Å². The van der Waals surface area contributed by atoms with Gasteiger partial charge in [0, 0.05) is 37.8 Å². The minimum absolute atomic E-state index is 0.161. The van der Waals surface area contributed by atoms with Gasteiger partial charge in [0.2, 0.25) is 0 Å². The lowest BCUT2D eigenvalue weighted by molar-refractivity contribution is 0.0595. The number of hydrogen-bond donors (Lipinski definition) is 0. The zero-order valence-corrected chi connectivity index (χ0v) is 10.6. The topological polar surface area (TPSA) is 23.6 Å². The van der Waals surface area contributed by atoms with E-state index < -0.39 is 0 Å². The van der Waals surface area contributed by atoms with Crippen LogP contribution in [-0.4, -0.2) is 47.9 Å². The van der Waals surface area contributed by atoms with Crippen LogP contribution in [0.3, 0.4) is 0 Å². The molecule has 0 atom stereocenters. The summed E-state index contributed by atoms with van der Waals surface area (Å²) in [5.41, 5.74) is 0.797. The third kappa shape index (κ3) is 2.86. The molecule has 0 bridgehead atoms. The summed E-state index contributed by atoms with van der Waals surface area (Å²) in [5, 5.41) is 0. The Morgan fingerprint density at radius 3 is 2.18 bits per heavy atom. The summed E-state index contributed by atoms with van der Waals surface area (Å²) in [5.74, 6) is 0.161. The zero-order valence-electron chi connectivity index (χ0n) is 10.6. The molecule has 0 radical (unpaired) electrons. The number of carbonyl (C=O) groups excluding carboxylic acids is 1. The molecule has 0 aromatic heterocycles.